The van der Waals surface area contributed by atoms with Crippen molar-refractivity contribution < 1.29 is 27.3 Å². The van der Waals surface area contributed by atoms with Gasteiger partial charge < -0.3 is 14.0 Å². The van der Waals surface area contributed by atoms with Gasteiger partial charge in [-0.2, -0.15) is 0 Å². The Kier molecular flexibility index (Phi) is 10.8. The van der Waals surface area contributed by atoms with Crippen LogP contribution >= 0.6 is 11.3 Å². The normalized spacial score (nSPS) is 12.8. The molecule has 5 aromatic carbocycles. The van der Waals surface area contributed by atoms with Crippen LogP contribution in [0.5, 0.6) is 0 Å². The molecular weight excluding hydrogens is 961 g/mol. The molecule has 0 spiro atoms. The molecule has 8 heteroatoms. The number of thiophene rings is 1. The summed E-state index contributed by atoms with van der Waals surface area (Å²) in [6.45, 7) is 19.2. The predicted molar refractivity (Wildman–Crippen MR) is 257 cm³/mol. The summed E-state index contributed by atoms with van der Waals surface area (Å²) in [5.41, 5.74) is 10.00. The number of para-hydroxylation sites is 2. The molecule has 0 saturated heterocycles. The molecule has 0 saturated carbocycles. The number of aryl methyl sites for hydroxylation is 1. The van der Waals surface area contributed by atoms with Gasteiger partial charge in [0.2, 0.25) is 5.71 Å². The Bertz CT molecular complexity index is 3320. The molecule has 0 bridgehead atoms. The minimum Gasteiger partial charge on any atom is -0.486 e. The fourth-order valence-electron chi connectivity index (χ4n) is 7.90. The van der Waals surface area contributed by atoms with Crippen LogP contribution in [0.3, 0.4) is 0 Å². The van der Waals surface area contributed by atoms with Crippen molar-refractivity contribution in [1.82, 2.24) is 19.5 Å². The third-order valence-electron chi connectivity index (χ3n) is 10.9. The molecule has 10 aromatic rings. The summed E-state index contributed by atoms with van der Waals surface area (Å²) < 4.78 is 28.5. The number of rotatable bonds is 6. The van der Waals surface area contributed by atoms with Crippen LogP contribution in [0.2, 0.25) is 19.6 Å². The summed E-state index contributed by atoms with van der Waals surface area (Å²) in [4.78, 5) is 14.4. The Morgan fingerprint density at radius 1 is 0.803 bits per heavy atom. The van der Waals surface area contributed by atoms with E-state index in [-0.39, 0.29) is 31.4 Å². The zero-order chi connectivity index (χ0) is 43.7. The smallest absolute Gasteiger partial charge is 0.216 e. The first kappa shape index (κ1) is 39.9. The number of hydrogen-bond donors (Lipinski definition) is 0. The van der Waals surface area contributed by atoms with Crippen molar-refractivity contribution in [2.24, 2.45) is 5.92 Å². The summed E-state index contributed by atoms with van der Waals surface area (Å²) in [7, 11) is -1.71. The summed E-state index contributed by atoms with van der Waals surface area (Å²) in [5, 5.41) is 5.65. The van der Waals surface area contributed by atoms with Crippen LogP contribution in [-0.2, 0) is 31.9 Å². The molecule has 0 aliphatic heterocycles. The van der Waals surface area contributed by atoms with Crippen molar-refractivity contribution >= 4 is 77.9 Å². The van der Waals surface area contributed by atoms with Crippen LogP contribution < -0.4 is 5.19 Å². The van der Waals surface area contributed by atoms with Gasteiger partial charge in [-0.1, -0.05) is 107 Å². The van der Waals surface area contributed by atoms with E-state index >= 15 is 0 Å². The second kappa shape index (κ2) is 16.6. The van der Waals surface area contributed by atoms with Crippen LogP contribution in [-0.4, -0.2) is 27.6 Å². The average Bonchev–Trinajstić information content (AvgIpc) is 3.94. The third-order valence-corrected chi connectivity index (χ3v) is 14.1. The van der Waals surface area contributed by atoms with E-state index in [1.165, 1.54) is 25.7 Å². The number of aromatic nitrogens is 4. The van der Waals surface area contributed by atoms with Gasteiger partial charge in [0.25, 0.3) is 0 Å². The fourth-order valence-corrected chi connectivity index (χ4v) is 10.4. The first-order chi connectivity index (χ1) is 29.5. The summed E-state index contributed by atoms with van der Waals surface area (Å²) in [5.74, 6) is 0.703. The number of hydrogen-bond acceptors (Lipinski definition) is 5. The van der Waals surface area contributed by atoms with Gasteiger partial charge in [0.15, 0.2) is 0 Å². The van der Waals surface area contributed by atoms with Crippen LogP contribution in [0.1, 0.15) is 54.2 Å². The molecule has 0 aliphatic rings. The second-order valence-electron chi connectivity index (χ2n) is 17.9. The van der Waals surface area contributed by atoms with Gasteiger partial charge in [-0.05, 0) is 84.0 Å². The summed E-state index contributed by atoms with van der Waals surface area (Å²) in [6.07, 6.45) is 0.531. The molecular formula is C53H50IrN4OSSi-2. The van der Waals surface area contributed by atoms with Gasteiger partial charge in [0.05, 0.1) is 30.5 Å². The minimum atomic E-state index is -1.71. The number of furan rings is 1. The summed E-state index contributed by atoms with van der Waals surface area (Å²) in [6, 6.07) is 46.4. The minimum absolute atomic E-state index is 0. The SMILES string of the molecule is Cc1ccc2c(n1)oc1c(-c3nc4ccccc4n3-c3ccc4sc5ccccc5c4c3)[c-]ccc12.[2H]C([2H])(c1cc(-c2[c-]ccc(C(C)(C)C)c2)ncc1[Si](C)(C)C)C(C)C.[Ir]. The van der Waals surface area contributed by atoms with E-state index < -0.39 is 14.4 Å². The van der Waals surface area contributed by atoms with Gasteiger partial charge in [-0.15, -0.1) is 64.9 Å². The molecule has 1 radical (unpaired) electrons. The van der Waals surface area contributed by atoms with Gasteiger partial charge in [-0.25, -0.2) is 4.98 Å². The molecule has 0 aliphatic carbocycles. The van der Waals surface area contributed by atoms with Crippen molar-refractivity contribution in [3.8, 4) is 28.3 Å². The zero-order valence-electron chi connectivity index (χ0n) is 38.1. The third kappa shape index (κ3) is 8.27. The molecule has 0 atom stereocenters. The molecule has 0 amide bonds. The van der Waals surface area contributed by atoms with Crippen LogP contribution in [0.15, 0.2) is 126 Å². The molecule has 0 unspecified atom stereocenters. The van der Waals surface area contributed by atoms with Crippen molar-refractivity contribution in [2.45, 2.75) is 73.0 Å². The van der Waals surface area contributed by atoms with Gasteiger partial charge in [-0.3, -0.25) is 4.98 Å². The predicted octanol–water partition coefficient (Wildman–Crippen LogP) is 14.1. The molecule has 5 nitrogen and oxygen atoms in total. The maximum Gasteiger partial charge on any atom is 0.216 e. The molecule has 309 valence electrons. The fraction of sp³-hybridized carbons (Fsp3) is 0.226. The van der Waals surface area contributed by atoms with E-state index in [2.05, 4.69) is 141 Å². The van der Waals surface area contributed by atoms with Crippen LogP contribution in [0, 0.1) is 25.0 Å². The van der Waals surface area contributed by atoms with Crippen molar-refractivity contribution in [2.75, 3.05) is 0 Å². The van der Waals surface area contributed by atoms with Crippen molar-refractivity contribution in [3.63, 3.8) is 0 Å². The van der Waals surface area contributed by atoms with Crippen LogP contribution in [0.4, 0.5) is 0 Å². The Morgan fingerprint density at radius 2 is 1.56 bits per heavy atom. The molecule has 61 heavy (non-hydrogen) atoms. The Morgan fingerprint density at radius 3 is 2.34 bits per heavy atom. The van der Waals surface area contributed by atoms with Crippen molar-refractivity contribution in [3.05, 3.63) is 150 Å². The number of imidazole rings is 1. The van der Waals surface area contributed by atoms with E-state index in [1.807, 2.05) is 74.7 Å². The molecule has 5 heterocycles. The first-order valence-electron chi connectivity index (χ1n) is 21.6. The van der Waals surface area contributed by atoms with Gasteiger partial charge in [0, 0.05) is 66.0 Å². The van der Waals surface area contributed by atoms with E-state index in [9.17, 15) is 0 Å². The largest absolute Gasteiger partial charge is 0.486 e. The Hall–Kier alpha value is -5.24. The number of benzene rings is 5. The standard InChI is InChI=1S/C31H18N3OS.C22H32NSi.Ir/c1-18-13-15-22-21-8-6-9-23(29(21)35-31(22)32-18)30-33-25-10-3-4-11-26(25)34(30)19-14-16-28-24(17-19)20-7-2-5-12-27(20)36-28;1-16(2)12-18-14-20(23-15-21(18)24(6,7)8)17-10-9-11-19(13-17)22(3,4)5;/h2-8,10-17H,1H3;9,11,13-16H,12H2,1-8H3;/q2*-1;/i;12D2;. The van der Waals surface area contributed by atoms with Crippen LogP contribution in [0.25, 0.3) is 81.6 Å². The topological polar surface area (TPSA) is 56.7 Å². The van der Waals surface area contributed by atoms with E-state index in [4.69, 9.17) is 17.1 Å². The van der Waals surface area contributed by atoms with Gasteiger partial charge in [0.1, 0.15) is 0 Å². The van der Waals surface area contributed by atoms with E-state index in [0.29, 0.717) is 5.71 Å². The number of nitrogens with zero attached hydrogens (tertiary/aromatic N) is 4. The maximum atomic E-state index is 8.69. The number of fused-ring (bicyclic) bond motifs is 7. The summed E-state index contributed by atoms with van der Waals surface area (Å²) >= 11 is 1.82. The Balaban J connectivity index is 0.000000181. The quantitative estimate of drug-likeness (QED) is 0.123. The second-order valence-corrected chi connectivity index (χ2v) is 24.1. The van der Waals surface area contributed by atoms with Gasteiger partial charge >= 0.3 is 0 Å². The van der Waals surface area contributed by atoms with E-state index in [1.54, 1.807) is 0 Å². The van der Waals surface area contributed by atoms with Crippen molar-refractivity contribution in [1.29, 1.82) is 0 Å². The molecule has 0 fully saturated rings. The molecule has 10 rings (SSSR count). The average molecular weight is 1010 g/mol. The number of pyridine rings is 2. The maximum absolute atomic E-state index is 8.69. The van der Waals surface area contributed by atoms with E-state index in [0.717, 1.165) is 72.2 Å². The Labute approximate surface area is 380 Å². The zero-order valence-corrected chi connectivity index (χ0v) is 40.3. The monoisotopic (exact) mass is 1010 g/mol. The molecule has 5 aromatic heterocycles. The molecule has 0 N–H and O–H groups in total. The first-order valence-corrected chi connectivity index (χ1v) is 24.9.